The lowest BCUT2D eigenvalue weighted by molar-refractivity contribution is 0.171. The normalized spacial score (nSPS) is 12.9. The first-order valence-corrected chi connectivity index (χ1v) is 10.5. The van der Waals surface area contributed by atoms with Crippen LogP contribution in [0.5, 0.6) is 17.2 Å². The molecule has 0 aliphatic carbocycles. The van der Waals surface area contributed by atoms with E-state index >= 15 is 0 Å². The Morgan fingerprint density at radius 1 is 0.938 bits per heavy atom. The minimum absolute atomic E-state index is 0.104. The number of nitrogens with zero attached hydrogens (tertiary/aromatic N) is 1. The van der Waals surface area contributed by atoms with Gasteiger partial charge in [0.1, 0.15) is 30.8 Å². The van der Waals surface area contributed by atoms with Gasteiger partial charge in [-0.25, -0.2) is 0 Å². The van der Waals surface area contributed by atoms with E-state index in [9.17, 15) is 9.90 Å². The van der Waals surface area contributed by atoms with Crippen LogP contribution in [0.2, 0.25) is 0 Å². The van der Waals surface area contributed by atoms with Crippen molar-refractivity contribution in [2.45, 2.75) is 13.1 Å². The Bertz CT molecular complexity index is 1330. The van der Waals surface area contributed by atoms with E-state index in [0.717, 1.165) is 5.56 Å². The van der Waals surface area contributed by atoms with Crippen molar-refractivity contribution in [1.82, 2.24) is 4.90 Å². The van der Waals surface area contributed by atoms with Crippen molar-refractivity contribution in [3.8, 4) is 28.4 Å². The monoisotopic (exact) mass is 429 g/mol. The Labute approximate surface area is 185 Å². The maximum atomic E-state index is 13.3. The van der Waals surface area contributed by atoms with Crippen molar-refractivity contribution in [3.63, 3.8) is 0 Å². The number of phenols is 1. The zero-order valence-electron chi connectivity index (χ0n) is 17.7. The summed E-state index contributed by atoms with van der Waals surface area (Å²) >= 11 is 0. The van der Waals surface area contributed by atoms with Gasteiger partial charge in [-0.3, -0.25) is 9.69 Å². The van der Waals surface area contributed by atoms with Gasteiger partial charge in [0.05, 0.1) is 16.5 Å². The third kappa shape index (κ3) is 3.81. The number of fused-ring (bicyclic) bond motifs is 2. The van der Waals surface area contributed by atoms with Gasteiger partial charge in [-0.15, -0.1) is 0 Å². The first-order valence-electron chi connectivity index (χ1n) is 10.5. The predicted octanol–water partition coefficient (Wildman–Crippen LogP) is 4.57. The molecule has 0 saturated heterocycles. The second-order valence-electron chi connectivity index (χ2n) is 7.93. The highest BCUT2D eigenvalue weighted by atomic mass is 16.6. The fourth-order valence-electron chi connectivity index (χ4n) is 4.03. The quantitative estimate of drug-likeness (QED) is 0.501. The van der Waals surface area contributed by atoms with Gasteiger partial charge < -0.3 is 19.0 Å². The van der Waals surface area contributed by atoms with Crippen molar-refractivity contribution in [1.29, 1.82) is 0 Å². The van der Waals surface area contributed by atoms with E-state index in [1.807, 2.05) is 31.3 Å². The van der Waals surface area contributed by atoms with Crippen molar-refractivity contribution >= 4 is 11.0 Å². The molecular weight excluding hydrogens is 406 g/mol. The van der Waals surface area contributed by atoms with Crippen LogP contribution in [0.4, 0.5) is 0 Å². The molecule has 0 spiro atoms. The summed E-state index contributed by atoms with van der Waals surface area (Å²) in [5.41, 5.74) is 3.12. The predicted molar refractivity (Wildman–Crippen MR) is 122 cm³/mol. The molecule has 162 valence electrons. The summed E-state index contributed by atoms with van der Waals surface area (Å²) in [5, 5.41) is 10.9. The fourth-order valence-corrected chi connectivity index (χ4v) is 4.03. The minimum atomic E-state index is -0.158. The average molecular weight is 429 g/mol. The summed E-state index contributed by atoms with van der Waals surface area (Å²) in [4.78, 5) is 15.4. The van der Waals surface area contributed by atoms with Crippen LogP contribution in [0.1, 0.15) is 11.1 Å². The standard InChI is InChI=1S/C26H23NO5/c1-27(14-17-5-3-2-4-6-17)15-20-22(28)9-8-19-25(29)21(16-32-26(19)20)18-7-10-23-24(13-18)31-12-11-30-23/h2-10,13,16,28H,11-12,14-15H2,1H3. The number of rotatable bonds is 5. The molecule has 3 aromatic carbocycles. The topological polar surface area (TPSA) is 72.1 Å². The highest BCUT2D eigenvalue weighted by molar-refractivity contribution is 5.86. The molecule has 0 fully saturated rings. The number of hydrogen-bond donors (Lipinski definition) is 1. The highest BCUT2D eigenvalue weighted by Crippen LogP contribution is 2.35. The Kier molecular flexibility index (Phi) is 5.29. The fraction of sp³-hybridized carbons (Fsp3) is 0.192. The molecule has 1 aliphatic rings. The number of aromatic hydroxyl groups is 1. The molecule has 0 atom stereocenters. The molecule has 0 amide bonds. The lowest BCUT2D eigenvalue weighted by Crippen LogP contribution is -2.18. The van der Waals surface area contributed by atoms with Crippen LogP contribution in [-0.4, -0.2) is 30.3 Å². The summed E-state index contributed by atoms with van der Waals surface area (Å²) in [7, 11) is 1.97. The van der Waals surface area contributed by atoms with Gasteiger partial charge in [-0.2, -0.15) is 0 Å². The number of phenolic OH excluding ortho intramolecular Hbond substituents is 1. The molecule has 5 rings (SSSR count). The van der Waals surface area contributed by atoms with Crippen LogP contribution in [0.3, 0.4) is 0 Å². The molecule has 6 heteroatoms. The summed E-state index contributed by atoms with van der Waals surface area (Å²) in [6.07, 6.45) is 1.45. The zero-order chi connectivity index (χ0) is 22.1. The summed E-state index contributed by atoms with van der Waals surface area (Å²) in [5.74, 6) is 1.38. The van der Waals surface area contributed by atoms with E-state index in [0.29, 0.717) is 65.5 Å². The van der Waals surface area contributed by atoms with Gasteiger partial charge in [0.25, 0.3) is 0 Å². The van der Waals surface area contributed by atoms with E-state index in [4.69, 9.17) is 13.9 Å². The number of ether oxygens (including phenoxy) is 2. The Morgan fingerprint density at radius 3 is 2.53 bits per heavy atom. The highest BCUT2D eigenvalue weighted by Gasteiger charge is 2.18. The minimum Gasteiger partial charge on any atom is -0.507 e. The molecule has 1 aliphatic heterocycles. The molecule has 0 unspecified atom stereocenters. The Balaban J connectivity index is 1.50. The molecule has 2 heterocycles. The van der Waals surface area contributed by atoms with Crippen molar-refractivity contribution in [2.24, 2.45) is 0 Å². The smallest absolute Gasteiger partial charge is 0.200 e. The van der Waals surface area contributed by atoms with E-state index in [-0.39, 0.29) is 11.2 Å². The molecule has 0 saturated carbocycles. The maximum Gasteiger partial charge on any atom is 0.200 e. The summed E-state index contributed by atoms with van der Waals surface area (Å²) in [6.45, 7) is 2.12. The second kappa shape index (κ2) is 8.40. The van der Waals surface area contributed by atoms with Gasteiger partial charge in [0.2, 0.25) is 5.43 Å². The van der Waals surface area contributed by atoms with Crippen molar-refractivity contribution in [2.75, 3.05) is 20.3 Å². The first-order chi connectivity index (χ1) is 15.6. The van der Waals surface area contributed by atoms with Crippen LogP contribution in [0.25, 0.3) is 22.1 Å². The Morgan fingerprint density at radius 2 is 1.72 bits per heavy atom. The van der Waals surface area contributed by atoms with Crippen LogP contribution >= 0.6 is 0 Å². The van der Waals surface area contributed by atoms with Gasteiger partial charge >= 0.3 is 0 Å². The maximum absolute atomic E-state index is 13.3. The summed E-state index contributed by atoms with van der Waals surface area (Å²) < 4.78 is 17.1. The third-order valence-corrected chi connectivity index (χ3v) is 5.60. The van der Waals surface area contributed by atoms with Gasteiger partial charge in [-0.05, 0) is 42.4 Å². The third-order valence-electron chi connectivity index (χ3n) is 5.60. The molecule has 1 aromatic heterocycles. The molecule has 0 radical (unpaired) electrons. The molecule has 6 nitrogen and oxygen atoms in total. The van der Waals surface area contributed by atoms with E-state index < -0.39 is 0 Å². The molecule has 4 aromatic rings. The van der Waals surface area contributed by atoms with E-state index in [1.54, 1.807) is 24.3 Å². The van der Waals surface area contributed by atoms with Crippen LogP contribution in [0, 0.1) is 0 Å². The average Bonchev–Trinajstić information content (AvgIpc) is 2.81. The Hall–Kier alpha value is -3.77. The lowest BCUT2D eigenvalue weighted by atomic mass is 10.0. The largest absolute Gasteiger partial charge is 0.507 e. The first kappa shape index (κ1) is 20.2. The van der Waals surface area contributed by atoms with Crippen LogP contribution in [-0.2, 0) is 13.1 Å². The molecule has 32 heavy (non-hydrogen) atoms. The van der Waals surface area contributed by atoms with Gasteiger partial charge in [0, 0.05) is 13.1 Å². The van der Waals surface area contributed by atoms with Crippen molar-refractivity contribution in [3.05, 3.63) is 88.3 Å². The van der Waals surface area contributed by atoms with E-state index in [2.05, 4.69) is 17.0 Å². The lowest BCUT2D eigenvalue weighted by Gasteiger charge is -2.19. The SMILES string of the molecule is CN(Cc1ccccc1)Cc1c(O)ccc2c(=O)c(-c3ccc4c(c3)OCCO4)coc12. The van der Waals surface area contributed by atoms with Crippen molar-refractivity contribution < 1.29 is 19.0 Å². The number of benzene rings is 3. The van der Waals surface area contributed by atoms with Gasteiger partial charge in [0.15, 0.2) is 11.5 Å². The van der Waals surface area contributed by atoms with Crippen LogP contribution in [0.15, 0.2) is 76.1 Å². The van der Waals surface area contributed by atoms with Crippen LogP contribution < -0.4 is 14.9 Å². The summed E-state index contributed by atoms with van der Waals surface area (Å²) in [6, 6.07) is 18.7. The zero-order valence-corrected chi connectivity index (χ0v) is 17.7. The van der Waals surface area contributed by atoms with E-state index in [1.165, 1.54) is 6.26 Å². The molecular formula is C26H23NO5. The second-order valence-corrected chi connectivity index (χ2v) is 7.93. The number of hydrogen-bond acceptors (Lipinski definition) is 6. The molecule has 0 bridgehead atoms. The van der Waals surface area contributed by atoms with Gasteiger partial charge in [-0.1, -0.05) is 36.4 Å². The molecule has 1 N–H and O–H groups in total.